The molecule has 2 aliphatic rings. The second kappa shape index (κ2) is 9.99. The molecule has 1 unspecified atom stereocenters. The summed E-state index contributed by atoms with van der Waals surface area (Å²) in [5.41, 5.74) is 0. The highest BCUT2D eigenvalue weighted by Crippen LogP contribution is 2.21. The van der Waals surface area contributed by atoms with Gasteiger partial charge in [-0.15, -0.1) is 0 Å². The first-order valence-electron chi connectivity index (χ1n) is 9.75. The molecule has 0 radical (unpaired) electrons. The summed E-state index contributed by atoms with van der Waals surface area (Å²) in [6.07, 6.45) is 4.53. The van der Waals surface area contributed by atoms with Gasteiger partial charge in [0.2, 0.25) is 0 Å². The highest BCUT2D eigenvalue weighted by molar-refractivity contribution is 5.77. The van der Waals surface area contributed by atoms with Gasteiger partial charge in [-0.1, -0.05) is 0 Å². The zero-order valence-electron chi connectivity index (χ0n) is 15.6. The van der Waals surface area contributed by atoms with E-state index in [1.165, 1.54) is 12.5 Å². The quantitative estimate of drug-likeness (QED) is 0.788. The number of halogens is 2. The van der Waals surface area contributed by atoms with Crippen LogP contribution in [0.25, 0.3) is 0 Å². The molecule has 27 heavy (non-hydrogen) atoms. The largest absolute Gasteiger partial charge is 0.481 e. The predicted octanol–water partition coefficient (Wildman–Crippen LogP) is 2.60. The van der Waals surface area contributed by atoms with Crippen LogP contribution in [0.5, 0.6) is 5.75 Å². The van der Waals surface area contributed by atoms with Gasteiger partial charge in [0.15, 0.2) is 18.2 Å². The van der Waals surface area contributed by atoms with Crippen LogP contribution in [0.1, 0.15) is 25.7 Å². The van der Waals surface area contributed by atoms with Crippen LogP contribution in [0.3, 0.4) is 0 Å². The van der Waals surface area contributed by atoms with Gasteiger partial charge in [0.25, 0.3) is 5.91 Å². The van der Waals surface area contributed by atoms with Crippen LogP contribution >= 0.6 is 0 Å². The molecular weight excluding hydrogens is 354 g/mol. The fourth-order valence-corrected chi connectivity index (χ4v) is 3.73. The first-order valence-corrected chi connectivity index (χ1v) is 9.75. The number of amides is 1. The number of ether oxygens (including phenoxy) is 2. The summed E-state index contributed by atoms with van der Waals surface area (Å²) in [7, 11) is 0. The van der Waals surface area contributed by atoms with Crippen LogP contribution in [0.4, 0.5) is 8.78 Å². The second-order valence-corrected chi connectivity index (χ2v) is 7.49. The first kappa shape index (κ1) is 20.0. The van der Waals surface area contributed by atoms with Gasteiger partial charge in [0, 0.05) is 25.8 Å². The van der Waals surface area contributed by atoms with E-state index in [1.54, 1.807) is 0 Å². The highest BCUT2D eigenvalue weighted by Gasteiger charge is 2.23. The molecular formula is C20H28F2N2O3. The van der Waals surface area contributed by atoms with Crippen molar-refractivity contribution >= 4 is 5.91 Å². The Labute approximate surface area is 159 Å². The topological polar surface area (TPSA) is 50.8 Å². The molecule has 0 aliphatic carbocycles. The van der Waals surface area contributed by atoms with E-state index in [9.17, 15) is 13.6 Å². The maximum Gasteiger partial charge on any atom is 0.257 e. The number of carbonyl (C=O) groups excluding carboxylic acids is 1. The predicted molar refractivity (Wildman–Crippen MR) is 97.6 cm³/mol. The summed E-state index contributed by atoms with van der Waals surface area (Å²) in [5.74, 6) is -0.786. The van der Waals surface area contributed by atoms with E-state index >= 15 is 0 Å². The number of nitrogens with one attached hydrogen (secondary N) is 1. The van der Waals surface area contributed by atoms with Crippen molar-refractivity contribution in [1.82, 2.24) is 10.2 Å². The van der Waals surface area contributed by atoms with E-state index < -0.39 is 11.6 Å². The Kier molecular flexibility index (Phi) is 7.41. The molecule has 2 saturated heterocycles. The molecule has 2 aliphatic heterocycles. The number of nitrogens with zero attached hydrogens (tertiary/aromatic N) is 1. The van der Waals surface area contributed by atoms with Crippen molar-refractivity contribution in [2.24, 2.45) is 11.8 Å². The number of hydrogen-bond acceptors (Lipinski definition) is 4. The number of likely N-dealkylation sites (tertiary alicyclic amines) is 1. The van der Waals surface area contributed by atoms with Gasteiger partial charge >= 0.3 is 0 Å². The first-order chi connectivity index (χ1) is 13.1. The Bertz CT molecular complexity index is 615. The Hall–Kier alpha value is -1.73. The molecule has 1 atom stereocenters. The Morgan fingerprint density at radius 1 is 1.22 bits per heavy atom. The van der Waals surface area contributed by atoms with Crippen LogP contribution in [-0.4, -0.2) is 56.8 Å². The molecule has 1 N–H and O–H groups in total. The summed E-state index contributed by atoms with van der Waals surface area (Å²) in [6.45, 7) is 5.32. The zero-order chi connectivity index (χ0) is 19.1. The van der Waals surface area contributed by atoms with Crippen LogP contribution in [0, 0.1) is 23.5 Å². The normalized spacial score (nSPS) is 21.8. The van der Waals surface area contributed by atoms with Gasteiger partial charge in [0.1, 0.15) is 5.82 Å². The molecule has 0 spiro atoms. The molecule has 7 heteroatoms. The fraction of sp³-hybridized carbons (Fsp3) is 0.650. The van der Waals surface area contributed by atoms with Crippen LogP contribution in [0.2, 0.25) is 0 Å². The van der Waals surface area contributed by atoms with Crippen molar-refractivity contribution in [3.63, 3.8) is 0 Å². The molecule has 2 heterocycles. The van der Waals surface area contributed by atoms with Crippen molar-refractivity contribution in [3.05, 3.63) is 29.8 Å². The SMILES string of the molecule is O=C(COc1ccc(F)cc1F)NCC1CCN(CC2CCCOC2)CC1. The lowest BCUT2D eigenvalue weighted by Crippen LogP contribution is -2.42. The Balaban J connectivity index is 1.30. The van der Waals surface area contributed by atoms with E-state index in [0.29, 0.717) is 18.4 Å². The van der Waals surface area contributed by atoms with Crippen molar-refractivity contribution < 1.29 is 23.0 Å². The molecule has 2 fully saturated rings. The molecule has 0 saturated carbocycles. The van der Waals surface area contributed by atoms with Crippen molar-refractivity contribution in [2.45, 2.75) is 25.7 Å². The van der Waals surface area contributed by atoms with E-state index in [1.807, 2.05) is 0 Å². The number of carbonyl (C=O) groups is 1. The van der Waals surface area contributed by atoms with Gasteiger partial charge in [0.05, 0.1) is 6.61 Å². The zero-order valence-corrected chi connectivity index (χ0v) is 15.6. The van der Waals surface area contributed by atoms with E-state index in [0.717, 1.165) is 64.2 Å². The number of benzene rings is 1. The van der Waals surface area contributed by atoms with Gasteiger partial charge in [-0.2, -0.15) is 0 Å². The van der Waals surface area contributed by atoms with Crippen molar-refractivity contribution in [1.29, 1.82) is 0 Å². The average molecular weight is 382 g/mol. The third-order valence-electron chi connectivity index (χ3n) is 5.32. The number of rotatable bonds is 7. The molecule has 3 rings (SSSR count). The molecule has 0 bridgehead atoms. The monoisotopic (exact) mass is 382 g/mol. The molecule has 150 valence electrons. The maximum absolute atomic E-state index is 13.5. The van der Waals surface area contributed by atoms with Crippen molar-refractivity contribution in [2.75, 3.05) is 46.0 Å². The summed E-state index contributed by atoms with van der Waals surface area (Å²) in [6, 6.07) is 3.02. The molecule has 1 aromatic carbocycles. The smallest absolute Gasteiger partial charge is 0.257 e. The lowest BCUT2D eigenvalue weighted by atomic mass is 9.94. The lowest BCUT2D eigenvalue weighted by Gasteiger charge is -2.35. The van der Waals surface area contributed by atoms with E-state index in [-0.39, 0.29) is 18.3 Å². The summed E-state index contributed by atoms with van der Waals surface area (Å²) in [5, 5.41) is 2.85. The fourth-order valence-electron chi connectivity index (χ4n) is 3.73. The number of piperidine rings is 1. The molecule has 1 amide bonds. The highest BCUT2D eigenvalue weighted by atomic mass is 19.1. The van der Waals surface area contributed by atoms with Gasteiger partial charge in [-0.25, -0.2) is 8.78 Å². The van der Waals surface area contributed by atoms with Gasteiger partial charge in [-0.3, -0.25) is 4.79 Å². The standard InChI is InChI=1S/C20H28F2N2O3/c21-17-3-4-19(18(22)10-17)27-14-20(25)23-11-15-5-7-24(8-6-15)12-16-2-1-9-26-13-16/h3-4,10,15-16H,1-2,5-9,11-14H2,(H,23,25). The number of hydrogen-bond donors (Lipinski definition) is 1. The second-order valence-electron chi connectivity index (χ2n) is 7.49. The minimum atomic E-state index is -0.807. The summed E-state index contributed by atoms with van der Waals surface area (Å²) < 4.78 is 37.0. The third-order valence-corrected chi connectivity index (χ3v) is 5.32. The molecule has 0 aromatic heterocycles. The van der Waals surface area contributed by atoms with Crippen LogP contribution in [-0.2, 0) is 9.53 Å². The minimum absolute atomic E-state index is 0.119. The molecule has 5 nitrogen and oxygen atoms in total. The average Bonchev–Trinajstić information content (AvgIpc) is 2.67. The Morgan fingerprint density at radius 2 is 2.04 bits per heavy atom. The van der Waals surface area contributed by atoms with Crippen molar-refractivity contribution in [3.8, 4) is 5.75 Å². The Morgan fingerprint density at radius 3 is 2.74 bits per heavy atom. The summed E-state index contributed by atoms with van der Waals surface area (Å²) in [4.78, 5) is 14.4. The van der Waals surface area contributed by atoms with Gasteiger partial charge < -0.3 is 19.7 Å². The lowest BCUT2D eigenvalue weighted by molar-refractivity contribution is -0.123. The minimum Gasteiger partial charge on any atom is -0.481 e. The summed E-state index contributed by atoms with van der Waals surface area (Å²) >= 11 is 0. The van der Waals surface area contributed by atoms with Crippen LogP contribution < -0.4 is 10.1 Å². The van der Waals surface area contributed by atoms with Gasteiger partial charge in [-0.05, 0) is 62.7 Å². The molecule has 1 aromatic rings. The van der Waals surface area contributed by atoms with E-state index in [2.05, 4.69) is 10.2 Å². The van der Waals surface area contributed by atoms with E-state index in [4.69, 9.17) is 9.47 Å². The van der Waals surface area contributed by atoms with Crippen LogP contribution in [0.15, 0.2) is 18.2 Å². The third kappa shape index (κ3) is 6.43. The maximum atomic E-state index is 13.5.